The van der Waals surface area contributed by atoms with Gasteiger partial charge in [0.25, 0.3) is 5.91 Å². The highest BCUT2D eigenvalue weighted by molar-refractivity contribution is 5.94. The number of carboxylic acid groups (broad SMARTS) is 1. The number of amides is 1. The van der Waals surface area contributed by atoms with Crippen LogP contribution in [0.2, 0.25) is 0 Å². The van der Waals surface area contributed by atoms with Gasteiger partial charge in [0.2, 0.25) is 0 Å². The van der Waals surface area contributed by atoms with Crippen molar-refractivity contribution in [3.8, 4) is 0 Å². The van der Waals surface area contributed by atoms with Crippen molar-refractivity contribution >= 4 is 11.9 Å². The normalized spacial score (nSPS) is 12.5. The number of aromatic nitrogens is 1. The number of hydrogen-bond donors (Lipinski definition) is 2. The third-order valence-corrected chi connectivity index (χ3v) is 1.89. The Balaban J connectivity index is 2.67. The molecule has 1 atom stereocenters. The van der Waals surface area contributed by atoms with Crippen molar-refractivity contribution in [2.24, 2.45) is 5.92 Å². The lowest BCUT2D eigenvalue weighted by molar-refractivity contribution is -0.140. The van der Waals surface area contributed by atoms with Crippen LogP contribution in [0, 0.1) is 5.92 Å². The van der Waals surface area contributed by atoms with Gasteiger partial charge < -0.3 is 14.9 Å². The maximum Gasteiger partial charge on any atom is 0.326 e. The molecule has 0 aliphatic rings. The third kappa shape index (κ3) is 2.80. The monoisotopic (exact) mass is 212 g/mol. The molecular formula is C9H12N2O4. The molecule has 0 aromatic carbocycles. The molecule has 6 nitrogen and oxygen atoms in total. The number of carbonyl (C=O) groups excluding carboxylic acids is 1. The van der Waals surface area contributed by atoms with E-state index in [2.05, 4.69) is 15.0 Å². The van der Waals surface area contributed by atoms with Crippen LogP contribution in [0.1, 0.15) is 24.3 Å². The Kier molecular flexibility index (Phi) is 3.43. The zero-order valence-electron chi connectivity index (χ0n) is 8.43. The first-order chi connectivity index (χ1) is 7.02. The summed E-state index contributed by atoms with van der Waals surface area (Å²) in [4.78, 5) is 22.2. The van der Waals surface area contributed by atoms with E-state index in [0.29, 0.717) is 0 Å². The van der Waals surface area contributed by atoms with Crippen LogP contribution >= 0.6 is 0 Å². The minimum absolute atomic E-state index is 0.0712. The molecule has 1 rings (SSSR count). The number of nitrogens with zero attached hydrogens (tertiary/aromatic N) is 1. The first-order valence-corrected chi connectivity index (χ1v) is 4.46. The van der Waals surface area contributed by atoms with E-state index in [1.807, 2.05) is 0 Å². The number of rotatable bonds is 4. The smallest absolute Gasteiger partial charge is 0.326 e. The van der Waals surface area contributed by atoms with Crippen LogP contribution in [-0.2, 0) is 4.79 Å². The molecule has 1 heterocycles. The molecule has 2 N–H and O–H groups in total. The highest BCUT2D eigenvalue weighted by Gasteiger charge is 2.24. The summed E-state index contributed by atoms with van der Waals surface area (Å²) in [6, 6.07) is 0.448. The second-order valence-corrected chi connectivity index (χ2v) is 3.42. The van der Waals surface area contributed by atoms with Gasteiger partial charge in [-0.25, -0.2) is 4.79 Å². The lowest BCUT2D eigenvalue weighted by atomic mass is 10.0. The zero-order chi connectivity index (χ0) is 11.4. The Morgan fingerprint density at radius 1 is 1.53 bits per heavy atom. The summed E-state index contributed by atoms with van der Waals surface area (Å²) < 4.78 is 4.48. The highest BCUT2D eigenvalue weighted by Crippen LogP contribution is 2.03. The van der Waals surface area contributed by atoms with E-state index in [1.165, 1.54) is 12.3 Å². The van der Waals surface area contributed by atoms with Gasteiger partial charge in [-0.3, -0.25) is 4.79 Å². The summed E-state index contributed by atoms with van der Waals surface area (Å²) >= 11 is 0. The standard InChI is InChI=1S/C9H12N2O4/c1-5(2)7(9(13)14)10-8(12)6-3-4-15-11-6/h3-5,7H,1-2H3,(H,10,12)(H,13,14). The van der Waals surface area contributed by atoms with Crippen LogP contribution in [-0.4, -0.2) is 28.2 Å². The predicted octanol–water partition coefficient (Wildman–Crippen LogP) is 0.514. The van der Waals surface area contributed by atoms with E-state index >= 15 is 0 Å². The Bertz CT molecular complexity index is 345. The number of hydrogen-bond acceptors (Lipinski definition) is 4. The fraction of sp³-hybridized carbons (Fsp3) is 0.444. The average Bonchev–Trinajstić information content (AvgIpc) is 2.65. The average molecular weight is 212 g/mol. The zero-order valence-corrected chi connectivity index (χ0v) is 8.43. The highest BCUT2D eigenvalue weighted by atomic mass is 16.5. The Labute approximate surface area is 86.3 Å². The van der Waals surface area contributed by atoms with Crippen molar-refractivity contribution in [1.29, 1.82) is 0 Å². The minimum Gasteiger partial charge on any atom is -0.480 e. The van der Waals surface area contributed by atoms with Gasteiger partial charge in [-0.1, -0.05) is 19.0 Å². The van der Waals surface area contributed by atoms with Gasteiger partial charge in [0, 0.05) is 6.07 Å². The van der Waals surface area contributed by atoms with Gasteiger partial charge in [0.15, 0.2) is 5.69 Å². The summed E-state index contributed by atoms with van der Waals surface area (Å²) in [7, 11) is 0. The summed E-state index contributed by atoms with van der Waals surface area (Å²) in [5, 5.41) is 14.6. The molecule has 0 radical (unpaired) electrons. The van der Waals surface area contributed by atoms with E-state index in [1.54, 1.807) is 13.8 Å². The largest absolute Gasteiger partial charge is 0.480 e. The minimum atomic E-state index is -1.07. The van der Waals surface area contributed by atoms with Crippen LogP contribution in [0.15, 0.2) is 16.9 Å². The van der Waals surface area contributed by atoms with E-state index < -0.39 is 17.9 Å². The van der Waals surface area contributed by atoms with Crippen molar-refractivity contribution < 1.29 is 19.2 Å². The first kappa shape index (κ1) is 11.2. The van der Waals surface area contributed by atoms with Crippen molar-refractivity contribution in [3.63, 3.8) is 0 Å². The Morgan fingerprint density at radius 3 is 2.60 bits per heavy atom. The van der Waals surface area contributed by atoms with E-state index in [-0.39, 0.29) is 11.6 Å². The van der Waals surface area contributed by atoms with Gasteiger partial charge in [0.05, 0.1) is 0 Å². The van der Waals surface area contributed by atoms with Gasteiger partial charge in [-0.05, 0) is 5.92 Å². The van der Waals surface area contributed by atoms with Crippen molar-refractivity contribution in [1.82, 2.24) is 10.5 Å². The van der Waals surface area contributed by atoms with E-state index in [9.17, 15) is 9.59 Å². The molecular weight excluding hydrogens is 200 g/mol. The van der Waals surface area contributed by atoms with Crippen molar-refractivity contribution in [2.75, 3.05) is 0 Å². The number of aliphatic carboxylic acids is 1. The van der Waals surface area contributed by atoms with Gasteiger partial charge >= 0.3 is 5.97 Å². The van der Waals surface area contributed by atoms with Crippen LogP contribution in [0.3, 0.4) is 0 Å². The molecule has 0 bridgehead atoms. The maximum atomic E-state index is 11.4. The van der Waals surface area contributed by atoms with E-state index in [0.717, 1.165) is 0 Å². The maximum absolute atomic E-state index is 11.4. The molecule has 1 aromatic rings. The van der Waals surface area contributed by atoms with Crippen LogP contribution in [0.25, 0.3) is 0 Å². The molecule has 0 spiro atoms. The molecule has 82 valence electrons. The van der Waals surface area contributed by atoms with Crippen molar-refractivity contribution in [2.45, 2.75) is 19.9 Å². The summed E-state index contributed by atoms with van der Waals surface area (Å²) in [5.41, 5.74) is 0.0712. The molecule has 1 amide bonds. The SMILES string of the molecule is CC(C)C(NC(=O)c1ccon1)C(=O)O. The predicted molar refractivity (Wildman–Crippen MR) is 50.2 cm³/mol. The second-order valence-electron chi connectivity index (χ2n) is 3.42. The molecule has 0 aliphatic carbocycles. The van der Waals surface area contributed by atoms with Crippen LogP contribution in [0.4, 0.5) is 0 Å². The summed E-state index contributed by atoms with van der Waals surface area (Å²) in [6.07, 6.45) is 1.25. The van der Waals surface area contributed by atoms with E-state index in [4.69, 9.17) is 5.11 Å². The van der Waals surface area contributed by atoms with Crippen molar-refractivity contribution in [3.05, 3.63) is 18.0 Å². The molecule has 1 aromatic heterocycles. The fourth-order valence-electron chi connectivity index (χ4n) is 1.06. The van der Waals surface area contributed by atoms with Gasteiger partial charge in [-0.15, -0.1) is 0 Å². The number of carbonyl (C=O) groups is 2. The summed E-state index contributed by atoms with van der Waals surface area (Å²) in [5.74, 6) is -1.81. The topological polar surface area (TPSA) is 92.4 Å². The molecule has 1 unspecified atom stereocenters. The number of nitrogens with one attached hydrogen (secondary N) is 1. The third-order valence-electron chi connectivity index (χ3n) is 1.89. The molecule has 0 saturated heterocycles. The molecule has 0 aliphatic heterocycles. The Morgan fingerprint density at radius 2 is 2.20 bits per heavy atom. The molecule has 15 heavy (non-hydrogen) atoms. The lowest BCUT2D eigenvalue weighted by Crippen LogP contribution is -2.44. The number of carboxylic acids is 1. The molecule has 0 fully saturated rings. The summed E-state index contributed by atoms with van der Waals surface area (Å²) in [6.45, 7) is 3.42. The van der Waals surface area contributed by atoms with Gasteiger partial charge in [-0.2, -0.15) is 0 Å². The quantitative estimate of drug-likeness (QED) is 0.758. The van der Waals surface area contributed by atoms with Crippen LogP contribution in [0.5, 0.6) is 0 Å². The van der Waals surface area contributed by atoms with Gasteiger partial charge in [0.1, 0.15) is 12.3 Å². The lowest BCUT2D eigenvalue weighted by Gasteiger charge is -2.16. The molecule has 0 saturated carbocycles. The fourth-order valence-corrected chi connectivity index (χ4v) is 1.06. The Hall–Kier alpha value is -1.85. The first-order valence-electron chi connectivity index (χ1n) is 4.46. The second kappa shape index (κ2) is 4.59. The molecule has 6 heteroatoms. The van der Waals surface area contributed by atoms with Crippen LogP contribution < -0.4 is 5.32 Å².